The van der Waals surface area contributed by atoms with E-state index >= 15 is 0 Å². The lowest BCUT2D eigenvalue weighted by Gasteiger charge is -2.23. The van der Waals surface area contributed by atoms with Crippen molar-refractivity contribution in [3.05, 3.63) is 29.8 Å². The average Bonchev–Trinajstić information content (AvgIpc) is 2.42. The minimum atomic E-state index is 0.148. The molecule has 0 saturated carbocycles. The van der Waals surface area contributed by atoms with Gasteiger partial charge in [-0.25, -0.2) is 0 Å². The molecular weight excluding hydrogens is 236 g/mol. The molecule has 0 aromatic heterocycles. The molecule has 0 fully saturated rings. The van der Waals surface area contributed by atoms with Gasteiger partial charge in [-0.05, 0) is 24.5 Å². The predicted molar refractivity (Wildman–Crippen MR) is 80.6 cm³/mol. The number of amides is 1. The second kappa shape index (κ2) is 7.82. The molecule has 19 heavy (non-hydrogen) atoms. The van der Waals surface area contributed by atoms with E-state index in [1.165, 1.54) is 0 Å². The van der Waals surface area contributed by atoms with Crippen molar-refractivity contribution in [3.63, 3.8) is 0 Å². The number of nitrogen functional groups attached to an aromatic ring is 1. The predicted octanol–water partition coefficient (Wildman–Crippen LogP) is 3.44. The molecule has 0 aliphatic carbocycles. The van der Waals surface area contributed by atoms with Gasteiger partial charge in [0.1, 0.15) is 0 Å². The molecule has 1 amide bonds. The molecule has 1 atom stereocenters. The van der Waals surface area contributed by atoms with Crippen molar-refractivity contribution in [2.75, 3.05) is 12.8 Å². The second-order valence-electron chi connectivity index (χ2n) is 5.14. The maximum absolute atomic E-state index is 12.4. The van der Waals surface area contributed by atoms with E-state index in [1.807, 2.05) is 31.3 Å². The van der Waals surface area contributed by atoms with Gasteiger partial charge in [0, 0.05) is 25.2 Å². The van der Waals surface area contributed by atoms with Crippen LogP contribution in [0.2, 0.25) is 0 Å². The van der Waals surface area contributed by atoms with Crippen LogP contribution in [0.15, 0.2) is 24.3 Å². The summed E-state index contributed by atoms with van der Waals surface area (Å²) in [6.45, 7) is 4.84. The molecule has 1 rings (SSSR count). The van der Waals surface area contributed by atoms with Crippen molar-refractivity contribution in [2.45, 2.75) is 46.1 Å². The van der Waals surface area contributed by atoms with Crippen LogP contribution in [0.3, 0.4) is 0 Å². The number of benzene rings is 1. The maximum atomic E-state index is 12.4. The Morgan fingerprint density at radius 2 is 2.00 bits per heavy atom. The summed E-state index contributed by atoms with van der Waals surface area (Å²) in [6, 6.07) is 7.73. The zero-order chi connectivity index (χ0) is 14.3. The van der Waals surface area contributed by atoms with E-state index in [-0.39, 0.29) is 11.8 Å². The van der Waals surface area contributed by atoms with Gasteiger partial charge in [-0.15, -0.1) is 0 Å². The fraction of sp³-hybridized carbons (Fsp3) is 0.562. The third-order valence-electron chi connectivity index (χ3n) is 3.59. The Morgan fingerprint density at radius 1 is 1.32 bits per heavy atom. The van der Waals surface area contributed by atoms with Crippen LogP contribution in [0, 0.1) is 5.92 Å². The van der Waals surface area contributed by atoms with Gasteiger partial charge in [-0.3, -0.25) is 4.79 Å². The van der Waals surface area contributed by atoms with Crippen LogP contribution in [0.4, 0.5) is 5.69 Å². The second-order valence-corrected chi connectivity index (χ2v) is 5.14. The highest BCUT2D eigenvalue weighted by molar-refractivity contribution is 5.78. The van der Waals surface area contributed by atoms with Gasteiger partial charge in [0.15, 0.2) is 0 Å². The highest BCUT2D eigenvalue weighted by Gasteiger charge is 2.20. The number of hydrogen-bond donors (Lipinski definition) is 1. The van der Waals surface area contributed by atoms with E-state index in [4.69, 9.17) is 5.73 Å². The lowest BCUT2D eigenvalue weighted by Crippen LogP contribution is -2.32. The molecule has 1 aromatic carbocycles. The van der Waals surface area contributed by atoms with E-state index in [2.05, 4.69) is 13.8 Å². The summed E-state index contributed by atoms with van der Waals surface area (Å²) in [5.74, 6) is 0.383. The highest BCUT2D eigenvalue weighted by Crippen LogP contribution is 2.18. The van der Waals surface area contributed by atoms with Crippen LogP contribution in [-0.4, -0.2) is 17.9 Å². The molecular formula is C16H26N2O. The zero-order valence-electron chi connectivity index (χ0n) is 12.4. The van der Waals surface area contributed by atoms with E-state index < -0.39 is 0 Å². The van der Waals surface area contributed by atoms with Crippen LogP contribution < -0.4 is 5.73 Å². The number of carbonyl (C=O) groups is 1. The van der Waals surface area contributed by atoms with Gasteiger partial charge in [0.05, 0.1) is 0 Å². The minimum Gasteiger partial charge on any atom is -0.398 e. The fourth-order valence-corrected chi connectivity index (χ4v) is 2.28. The van der Waals surface area contributed by atoms with Gasteiger partial charge in [-0.2, -0.15) is 0 Å². The summed E-state index contributed by atoms with van der Waals surface area (Å²) >= 11 is 0. The smallest absolute Gasteiger partial charge is 0.225 e. The van der Waals surface area contributed by atoms with E-state index in [9.17, 15) is 4.79 Å². The number of para-hydroxylation sites is 1. The molecule has 2 N–H and O–H groups in total. The van der Waals surface area contributed by atoms with Gasteiger partial charge in [-0.1, -0.05) is 44.9 Å². The minimum absolute atomic E-state index is 0.148. The highest BCUT2D eigenvalue weighted by atomic mass is 16.2. The first kappa shape index (κ1) is 15.5. The first-order chi connectivity index (χ1) is 9.10. The Bertz CT molecular complexity index is 403. The molecule has 0 radical (unpaired) electrons. The zero-order valence-corrected chi connectivity index (χ0v) is 12.4. The Hall–Kier alpha value is -1.51. The molecule has 0 bridgehead atoms. The summed E-state index contributed by atoms with van der Waals surface area (Å²) in [6.07, 6.45) is 4.15. The van der Waals surface area contributed by atoms with E-state index in [0.29, 0.717) is 6.54 Å². The van der Waals surface area contributed by atoms with E-state index in [1.54, 1.807) is 4.90 Å². The Labute approximate surface area is 116 Å². The quantitative estimate of drug-likeness (QED) is 0.765. The van der Waals surface area contributed by atoms with Gasteiger partial charge in [0.2, 0.25) is 5.91 Å². The fourth-order valence-electron chi connectivity index (χ4n) is 2.28. The van der Waals surface area contributed by atoms with Crippen LogP contribution in [0.25, 0.3) is 0 Å². The molecule has 0 aliphatic rings. The first-order valence-electron chi connectivity index (χ1n) is 7.18. The number of hydrogen-bond acceptors (Lipinski definition) is 2. The Kier molecular flexibility index (Phi) is 6.40. The van der Waals surface area contributed by atoms with Gasteiger partial charge < -0.3 is 10.6 Å². The van der Waals surface area contributed by atoms with Crippen LogP contribution in [-0.2, 0) is 11.3 Å². The number of rotatable bonds is 7. The van der Waals surface area contributed by atoms with Crippen molar-refractivity contribution in [2.24, 2.45) is 5.92 Å². The maximum Gasteiger partial charge on any atom is 0.225 e. The van der Waals surface area contributed by atoms with Gasteiger partial charge >= 0.3 is 0 Å². The van der Waals surface area contributed by atoms with Crippen LogP contribution in [0.1, 0.15) is 45.1 Å². The largest absolute Gasteiger partial charge is 0.398 e. The van der Waals surface area contributed by atoms with Crippen LogP contribution >= 0.6 is 0 Å². The van der Waals surface area contributed by atoms with Crippen molar-refractivity contribution in [1.29, 1.82) is 0 Å². The molecule has 0 saturated heterocycles. The monoisotopic (exact) mass is 262 g/mol. The lowest BCUT2D eigenvalue weighted by atomic mass is 9.97. The van der Waals surface area contributed by atoms with Crippen molar-refractivity contribution < 1.29 is 4.79 Å². The number of carbonyl (C=O) groups excluding carboxylic acids is 1. The van der Waals surface area contributed by atoms with Crippen molar-refractivity contribution in [3.8, 4) is 0 Å². The van der Waals surface area contributed by atoms with E-state index in [0.717, 1.165) is 36.9 Å². The third kappa shape index (κ3) is 4.58. The lowest BCUT2D eigenvalue weighted by molar-refractivity contribution is -0.135. The number of nitrogens with zero attached hydrogens (tertiary/aromatic N) is 1. The van der Waals surface area contributed by atoms with Crippen LogP contribution in [0.5, 0.6) is 0 Å². The molecule has 0 heterocycles. The number of unbranched alkanes of at least 4 members (excludes halogenated alkanes) is 1. The topological polar surface area (TPSA) is 46.3 Å². The normalized spacial score (nSPS) is 12.2. The summed E-state index contributed by atoms with van der Waals surface area (Å²) in [4.78, 5) is 14.2. The number of nitrogens with two attached hydrogens (primary N) is 1. The van der Waals surface area contributed by atoms with Crippen molar-refractivity contribution >= 4 is 11.6 Å². The van der Waals surface area contributed by atoms with Crippen molar-refractivity contribution in [1.82, 2.24) is 4.90 Å². The third-order valence-corrected chi connectivity index (χ3v) is 3.59. The summed E-state index contributed by atoms with van der Waals surface area (Å²) in [5.41, 5.74) is 7.69. The Balaban J connectivity index is 2.63. The summed E-state index contributed by atoms with van der Waals surface area (Å²) in [5, 5.41) is 0. The molecule has 1 aromatic rings. The molecule has 0 spiro atoms. The standard InChI is InChI=1S/C16H26N2O/c1-4-6-9-13(5-2)16(19)18(3)12-14-10-7-8-11-15(14)17/h7-8,10-11,13H,4-6,9,12,17H2,1-3H3. The summed E-state index contributed by atoms with van der Waals surface area (Å²) in [7, 11) is 1.86. The molecule has 106 valence electrons. The average molecular weight is 262 g/mol. The molecule has 3 nitrogen and oxygen atoms in total. The SMILES string of the molecule is CCCCC(CC)C(=O)N(C)Cc1ccccc1N. The Morgan fingerprint density at radius 3 is 2.58 bits per heavy atom. The summed E-state index contributed by atoms with van der Waals surface area (Å²) < 4.78 is 0. The first-order valence-corrected chi connectivity index (χ1v) is 7.18. The number of anilines is 1. The molecule has 3 heteroatoms. The molecule has 0 aliphatic heterocycles. The molecule has 1 unspecified atom stereocenters. The van der Waals surface area contributed by atoms with Gasteiger partial charge in [0.25, 0.3) is 0 Å².